The van der Waals surface area contributed by atoms with E-state index in [-0.39, 0.29) is 29.3 Å². The zero-order chi connectivity index (χ0) is 18.8. The largest absolute Gasteiger partial charge is 0.395 e. The monoisotopic (exact) mass is 381 g/mol. The fourth-order valence-corrected chi connectivity index (χ4v) is 4.44. The highest BCUT2D eigenvalue weighted by molar-refractivity contribution is 8.00. The maximum Gasteiger partial charge on any atom is 0.332 e. The van der Waals surface area contributed by atoms with Gasteiger partial charge in [-0.3, -0.25) is 18.6 Å². The first kappa shape index (κ1) is 18.9. The standard InChI is InChI=1S/C16H23N5O4S/c1-3-4-19-7-11(17-18-19)8-21-15(24)10(2)6-20(16(21)25)14-5-12(23)13(9-22)26-14/h6-7,12-14,22-23H,3-5,8-9H2,1-2H3. The van der Waals surface area contributed by atoms with E-state index >= 15 is 0 Å². The maximum absolute atomic E-state index is 12.9. The lowest BCUT2D eigenvalue weighted by atomic mass is 10.2. The van der Waals surface area contributed by atoms with Crippen LogP contribution in [0.1, 0.15) is 36.4 Å². The van der Waals surface area contributed by atoms with E-state index < -0.39 is 11.8 Å². The summed E-state index contributed by atoms with van der Waals surface area (Å²) in [4.78, 5) is 25.4. The summed E-state index contributed by atoms with van der Waals surface area (Å²) < 4.78 is 4.30. The molecule has 0 aliphatic carbocycles. The minimum atomic E-state index is -0.684. The maximum atomic E-state index is 12.9. The number of aromatic nitrogens is 5. The molecule has 0 bridgehead atoms. The number of aliphatic hydroxyl groups excluding tert-OH is 2. The Morgan fingerprint density at radius 3 is 2.77 bits per heavy atom. The zero-order valence-electron chi connectivity index (χ0n) is 14.8. The van der Waals surface area contributed by atoms with Gasteiger partial charge in [0.1, 0.15) is 5.69 Å². The van der Waals surface area contributed by atoms with E-state index in [9.17, 15) is 19.8 Å². The molecule has 0 amide bonds. The van der Waals surface area contributed by atoms with E-state index in [1.807, 2.05) is 6.92 Å². The number of aryl methyl sites for hydroxylation is 2. The van der Waals surface area contributed by atoms with Crippen molar-refractivity contribution in [1.29, 1.82) is 0 Å². The fraction of sp³-hybridized carbons (Fsp3) is 0.625. The molecule has 0 radical (unpaired) electrons. The lowest BCUT2D eigenvalue weighted by Crippen LogP contribution is -2.41. The summed E-state index contributed by atoms with van der Waals surface area (Å²) in [7, 11) is 0. The Bertz CT molecular complexity index is 889. The molecule has 3 heterocycles. The predicted molar refractivity (Wildman–Crippen MR) is 97.2 cm³/mol. The molecular weight excluding hydrogens is 358 g/mol. The van der Waals surface area contributed by atoms with Crippen molar-refractivity contribution in [3.63, 3.8) is 0 Å². The zero-order valence-corrected chi connectivity index (χ0v) is 15.6. The van der Waals surface area contributed by atoms with Crippen LogP contribution in [0, 0.1) is 6.92 Å². The van der Waals surface area contributed by atoms with Gasteiger partial charge in [0.15, 0.2) is 0 Å². The fourth-order valence-electron chi connectivity index (χ4n) is 3.07. The first-order valence-electron chi connectivity index (χ1n) is 8.60. The molecule has 1 aliphatic rings. The van der Waals surface area contributed by atoms with Crippen molar-refractivity contribution in [3.8, 4) is 0 Å². The van der Waals surface area contributed by atoms with Crippen LogP contribution in [0.5, 0.6) is 0 Å². The van der Waals surface area contributed by atoms with Gasteiger partial charge in [0.2, 0.25) is 0 Å². The van der Waals surface area contributed by atoms with Crippen LogP contribution >= 0.6 is 11.8 Å². The molecule has 0 saturated carbocycles. The Balaban J connectivity index is 1.94. The van der Waals surface area contributed by atoms with Crippen molar-refractivity contribution in [2.24, 2.45) is 0 Å². The first-order chi connectivity index (χ1) is 12.4. The van der Waals surface area contributed by atoms with E-state index in [2.05, 4.69) is 10.3 Å². The van der Waals surface area contributed by atoms with Gasteiger partial charge >= 0.3 is 5.69 Å². The molecule has 3 rings (SSSR count). The average Bonchev–Trinajstić information content (AvgIpc) is 3.21. The topological polar surface area (TPSA) is 115 Å². The SMILES string of the molecule is CCCn1cc(Cn2c(=O)c(C)cn(C3CC(O)C(CO)S3)c2=O)nn1. The van der Waals surface area contributed by atoms with E-state index in [0.717, 1.165) is 17.5 Å². The van der Waals surface area contributed by atoms with Crippen molar-refractivity contribution in [2.45, 2.75) is 56.5 Å². The lowest BCUT2D eigenvalue weighted by molar-refractivity contribution is 0.137. The van der Waals surface area contributed by atoms with Crippen LogP contribution in [0.3, 0.4) is 0 Å². The van der Waals surface area contributed by atoms with Crippen molar-refractivity contribution in [2.75, 3.05) is 6.61 Å². The molecule has 1 saturated heterocycles. The molecule has 1 aliphatic heterocycles. The Kier molecular flexibility index (Phi) is 5.64. The van der Waals surface area contributed by atoms with Crippen LogP contribution in [0.2, 0.25) is 0 Å². The van der Waals surface area contributed by atoms with Gasteiger partial charge < -0.3 is 10.2 Å². The van der Waals surface area contributed by atoms with Gasteiger partial charge in [-0.05, 0) is 13.3 Å². The van der Waals surface area contributed by atoms with Gasteiger partial charge in [-0.1, -0.05) is 12.1 Å². The molecule has 10 heteroatoms. The summed E-state index contributed by atoms with van der Waals surface area (Å²) in [6.45, 7) is 4.29. The molecule has 26 heavy (non-hydrogen) atoms. The molecule has 3 atom stereocenters. The number of hydrogen-bond acceptors (Lipinski definition) is 7. The summed E-state index contributed by atoms with van der Waals surface area (Å²) in [6.07, 6.45) is 3.83. The van der Waals surface area contributed by atoms with Gasteiger partial charge in [-0.25, -0.2) is 4.79 Å². The molecule has 0 aromatic carbocycles. The average molecular weight is 381 g/mol. The van der Waals surface area contributed by atoms with Gasteiger partial charge in [0, 0.05) is 24.7 Å². The number of hydrogen-bond donors (Lipinski definition) is 2. The van der Waals surface area contributed by atoms with Crippen LogP contribution in [0.25, 0.3) is 0 Å². The number of thioether (sulfide) groups is 1. The molecule has 9 nitrogen and oxygen atoms in total. The first-order valence-corrected chi connectivity index (χ1v) is 9.54. The predicted octanol–water partition coefficient (Wildman–Crippen LogP) is -0.274. The van der Waals surface area contributed by atoms with Crippen LogP contribution in [0.15, 0.2) is 22.0 Å². The molecule has 3 unspecified atom stereocenters. The number of nitrogens with zero attached hydrogens (tertiary/aromatic N) is 5. The Labute approximate surface area is 154 Å². The number of rotatable bonds is 6. The Morgan fingerprint density at radius 2 is 2.12 bits per heavy atom. The van der Waals surface area contributed by atoms with Gasteiger partial charge in [-0.2, -0.15) is 0 Å². The highest BCUT2D eigenvalue weighted by Gasteiger charge is 2.35. The molecule has 2 aromatic rings. The summed E-state index contributed by atoms with van der Waals surface area (Å²) in [5.74, 6) is 0. The van der Waals surface area contributed by atoms with E-state index in [4.69, 9.17) is 0 Å². The van der Waals surface area contributed by atoms with Crippen LogP contribution in [-0.2, 0) is 13.1 Å². The van der Waals surface area contributed by atoms with Crippen molar-refractivity contribution in [1.82, 2.24) is 24.1 Å². The van der Waals surface area contributed by atoms with E-state index in [1.165, 1.54) is 22.5 Å². The molecule has 2 aromatic heterocycles. The summed E-state index contributed by atoms with van der Waals surface area (Å²) in [5.41, 5.74) is 0.169. The number of aliphatic hydroxyl groups is 2. The summed E-state index contributed by atoms with van der Waals surface area (Å²) >= 11 is 1.34. The lowest BCUT2D eigenvalue weighted by Gasteiger charge is -2.16. The van der Waals surface area contributed by atoms with Gasteiger partial charge in [-0.15, -0.1) is 16.9 Å². The quantitative estimate of drug-likeness (QED) is 0.707. The Hall–Kier alpha value is -1.91. The third kappa shape index (κ3) is 3.62. The summed E-state index contributed by atoms with van der Waals surface area (Å²) in [5, 5.41) is 26.7. The molecule has 1 fully saturated rings. The minimum Gasteiger partial charge on any atom is -0.395 e. The second-order valence-electron chi connectivity index (χ2n) is 6.48. The summed E-state index contributed by atoms with van der Waals surface area (Å²) in [6, 6.07) is 0. The van der Waals surface area contributed by atoms with Gasteiger partial charge in [0.05, 0.1) is 36.1 Å². The molecule has 142 valence electrons. The molecule has 2 N–H and O–H groups in total. The van der Waals surface area contributed by atoms with Crippen LogP contribution in [-0.4, -0.2) is 52.3 Å². The van der Waals surface area contributed by atoms with Crippen LogP contribution in [0.4, 0.5) is 0 Å². The smallest absolute Gasteiger partial charge is 0.332 e. The molecular formula is C16H23N5O4S. The van der Waals surface area contributed by atoms with E-state index in [0.29, 0.717) is 17.7 Å². The third-order valence-corrected chi connectivity index (χ3v) is 5.97. The Morgan fingerprint density at radius 1 is 1.35 bits per heavy atom. The van der Waals surface area contributed by atoms with Crippen molar-refractivity contribution in [3.05, 3.63) is 44.5 Å². The molecule has 0 spiro atoms. The second kappa shape index (κ2) is 7.77. The van der Waals surface area contributed by atoms with Crippen molar-refractivity contribution < 1.29 is 10.2 Å². The highest BCUT2D eigenvalue weighted by Crippen LogP contribution is 2.40. The highest BCUT2D eigenvalue weighted by atomic mass is 32.2. The van der Waals surface area contributed by atoms with E-state index in [1.54, 1.807) is 17.8 Å². The van der Waals surface area contributed by atoms with Crippen LogP contribution < -0.4 is 11.2 Å². The second-order valence-corrected chi connectivity index (χ2v) is 7.90. The third-order valence-electron chi connectivity index (χ3n) is 4.42. The van der Waals surface area contributed by atoms with Crippen molar-refractivity contribution >= 4 is 11.8 Å². The normalized spacial score (nSPS) is 22.8. The minimum absolute atomic E-state index is 0.0480. The van der Waals surface area contributed by atoms with Gasteiger partial charge in [0.25, 0.3) is 5.56 Å².